The third kappa shape index (κ3) is 1.19. The highest BCUT2D eigenvalue weighted by Gasteiger charge is 2.06. The van der Waals surface area contributed by atoms with Crippen molar-refractivity contribution in [1.29, 1.82) is 0 Å². The van der Waals surface area contributed by atoms with E-state index < -0.39 is 0 Å². The number of rotatable bonds is 2. The molecule has 2 aromatic rings. The summed E-state index contributed by atoms with van der Waals surface area (Å²) < 4.78 is 5.15. The van der Waals surface area contributed by atoms with Gasteiger partial charge in [0.05, 0.1) is 12.8 Å². The van der Waals surface area contributed by atoms with Crippen molar-refractivity contribution in [2.75, 3.05) is 7.11 Å². The summed E-state index contributed by atoms with van der Waals surface area (Å²) in [5.41, 5.74) is 1.84. The van der Waals surface area contributed by atoms with Crippen molar-refractivity contribution in [2.45, 2.75) is 0 Å². The maximum absolute atomic E-state index is 10.6. The van der Waals surface area contributed by atoms with Gasteiger partial charge in [0.1, 0.15) is 13.6 Å². The van der Waals surface area contributed by atoms with E-state index in [1.54, 1.807) is 25.3 Å². The molecule has 0 amide bonds. The highest BCUT2D eigenvalue weighted by Crippen LogP contribution is 2.23. The quantitative estimate of drug-likeness (QED) is 0.554. The molecule has 2 radical (unpaired) electrons. The van der Waals surface area contributed by atoms with E-state index in [0.717, 1.165) is 17.2 Å². The van der Waals surface area contributed by atoms with Crippen molar-refractivity contribution in [3.8, 4) is 5.75 Å². The molecule has 1 aromatic heterocycles. The number of aromatic nitrogens is 1. The predicted molar refractivity (Wildman–Crippen MR) is 55.6 cm³/mol. The van der Waals surface area contributed by atoms with Crippen LogP contribution in [0.25, 0.3) is 10.9 Å². The summed E-state index contributed by atoms with van der Waals surface area (Å²) in [5.74, 6) is 0.707. The number of nitrogens with one attached hydrogen (secondary N) is 1. The van der Waals surface area contributed by atoms with E-state index in [0.29, 0.717) is 16.9 Å². The lowest BCUT2D eigenvalue weighted by atomic mass is 9.94. The summed E-state index contributed by atoms with van der Waals surface area (Å²) in [6.45, 7) is 0. The van der Waals surface area contributed by atoms with Crippen molar-refractivity contribution >= 4 is 30.5 Å². The molecule has 0 unspecified atom stereocenters. The first kappa shape index (κ1) is 8.87. The summed E-state index contributed by atoms with van der Waals surface area (Å²) in [7, 11) is 7.33. The first-order valence-corrected chi connectivity index (χ1v) is 4.16. The molecule has 0 bridgehead atoms. The highest BCUT2D eigenvalue weighted by molar-refractivity contribution is 6.38. The molecule has 0 atom stereocenters. The minimum Gasteiger partial charge on any atom is -0.496 e. The SMILES string of the molecule is [B]c1ccc(OC)c2cc(C=O)[nH]c12. The number of carbonyl (C=O) groups is 1. The Morgan fingerprint density at radius 1 is 1.50 bits per heavy atom. The van der Waals surface area contributed by atoms with E-state index in [1.807, 2.05) is 0 Å². The molecule has 4 heteroatoms. The van der Waals surface area contributed by atoms with Gasteiger partial charge in [0.2, 0.25) is 0 Å². The monoisotopic (exact) mass is 185 g/mol. The predicted octanol–water partition coefficient (Wildman–Crippen LogP) is 0.783. The topological polar surface area (TPSA) is 42.1 Å². The molecule has 0 aliphatic rings. The lowest BCUT2D eigenvalue weighted by Gasteiger charge is -2.02. The Hall–Kier alpha value is -1.71. The smallest absolute Gasteiger partial charge is 0.166 e. The van der Waals surface area contributed by atoms with Crippen LogP contribution in [-0.4, -0.2) is 26.2 Å². The second-order valence-corrected chi connectivity index (χ2v) is 2.99. The van der Waals surface area contributed by atoms with Gasteiger partial charge in [-0.2, -0.15) is 0 Å². The number of hydrogen-bond donors (Lipinski definition) is 1. The van der Waals surface area contributed by atoms with Gasteiger partial charge < -0.3 is 9.72 Å². The van der Waals surface area contributed by atoms with Gasteiger partial charge in [-0.3, -0.25) is 4.79 Å². The Morgan fingerprint density at radius 2 is 2.29 bits per heavy atom. The molecule has 1 aromatic carbocycles. The van der Waals surface area contributed by atoms with Gasteiger partial charge in [-0.15, -0.1) is 0 Å². The molecule has 0 aliphatic heterocycles. The average molecular weight is 185 g/mol. The van der Waals surface area contributed by atoms with Gasteiger partial charge in [0, 0.05) is 10.9 Å². The lowest BCUT2D eigenvalue weighted by Crippen LogP contribution is -2.03. The number of carbonyl (C=O) groups excluding carboxylic acids is 1. The first-order valence-electron chi connectivity index (χ1n) is 4.16. The molecule has 14 heavy (non-hydrogen) atoms. The van der Waals surface area contributed by atoms with E-state index in [9.17, 15) is 4.79 Å². The van der Waals surface area contributed by atoms with Gasteiger partial charge in [-0.25, -0.2) is 0 Å². The number of ether oxygens (including phenoxy) is 1. The minimum atomic E-state index is 0.496. The Labute approximate surface area is 82.5 Å². The van der Waals surface area contributed by atoms with E-state index in [1.165, 1.54) is 0 Å². The molecular formula is C10H8BNO2. The zero-order valence-electron chi connectivity index (χ0n) is 7.70. The van der Waals surface area contributed by atoms with Crippen molar-refractivity contribution in [2.24, 2.45) is 0 Å². The number of benzene rings is 1. The van der Waals surface area contributed by atoms with Crippen LogP contribution in [0.15, 0.2) is 18.2 Å². The number of H-pyrrole nitrogens is 1. The van der Waals surface area contributed by atoms with Gasteiger partial charge in [0.15, 0.2) is 6.29 Å². The standard InChI is InChI=1S/C10H8BNO2/c1-14-9-3-2-8(11)10-7(9)4-6(5-13)12-10/h2-5,12H,1H3. The van der Waals surface area contributed by atoms with Gasteiger partial charge in [-0.1, -0.05) is 11.5 Å². The zero-order chi connectivity index (χ0) is 10.1. The van der Waals surface area contributed by atoms with Crippen LogP contribution in [0.4, 0.5) is 0 Å². The number of fused-ring (bicyclic) bond motifs is 1. The van der Waals surface area contributed by atoms with Gasteiger partial charge in [-0.05, 0) is 12.1 Å². The second-order valence-electron chi connectivity index (χ2n) is 2.99. The minimum absolute atomic E-state index is 0.496. The molecule has 3 nitrogen and oxygen atoms in total. The average Bonchev–Trinajstić information content (AvgIpc) is 2.63. The van der Waals surface area contributed by atoms with E-state index in [2.05, 4.69) is 4.98 Å². The van der Waals surface area contributed by atoms with Gasteiger partial charge in [0.25, 0.3) is 0 Å². The summed E-state index contributed by atoms with van der Waals surface area (Å²) in [5, 5.41) is 0.828. The highest BCUT2D eigenvalue weighted by atomic mass is 16.5. The van der Waals surface area contributed by atoms with Crippen molar-refractivity contribution in [3.63, 3.8) is 0 Å². The van der Waals surface area contributed by atoms with Crippen molar-refractivity contribution in [1.82, 2.24) is 4.98 Å². The molecule has 0 saturated heterocycles. The normalized spacial score (nSPS) is 10.4. The van der Waals surface area contributed by atoms with Crippen LogP contribution in [0.1, 0.15) is 10.5 Å². The summed E-state index contributed by atoms with van der Waals surface area (Å²) >= 11 is 0. The number of methoxy groups -OCH3 is 1. The Balaban J connectivity index is 2.81. The molecule has 2 rings (SSSR count). The Bertz CT molecular complexity index is 490. The van der Waals surface area contributed by atoms with Crippen LogP contribution < -0.4 is 10.2 Å². The molecule has 0 saturated carbocycles. The summed E-state index contributed by atoms with van der Waals surface area (Å²) in [6.07, 6.45) is 0.749. The zero-order valence-corrected chi connectivity index (χ0v) is 7.70. The number of aromatic amines is 1. The molecule has 68 valence electrons. The Kier molecular flexibility index (Phi) is 2.04. The van der Waals surface area contributed by atoms with Crippen molar-refractivity contribution in [3.05, 3.63) is 23.9 Å². The second kappa shape index (κ2) is 3.22. The third-order valence-electron chi connectivity index (χ3n) is 2.15. The molecule has 0 fully saturated rings. The van der Waals surface area contributed by atoms with Crippen LogP contribution in [0, 0.1) is 0 Å². The molecule has 0 spiro atoms. The van der Waals surface area contributed by atoms with E-state index >= 15 is 0 Å². The van der Waals surface area contributed by atoms with Crippen molar-refractivity contribution < 1.29 is 9.53 Å². The lowest BCUT2D eigenvalue weighted by molar-refractivity contribution is 0.112. The summed E-state index contributed by atoms with van der Waals surface area (Å²) in [6, 6.07) is 5.24. The fraction of sp³-hybridized carbons (Fsp3) is 0.100. The van der Waals surface area contributed by atoms with Crippen LogP contribution in [-0.2, 0) is 0 Å². The van der Waals surface area contributed by atoms with Crippen LogP contribution >= 0.6 is 0 Å². The first-order chi connectivity index (χ1) is 6.76. The van der Waals surface area contributed by atoms with Gasteiger partial charge >= 0.3 is 0 Å². The molecule has 1 N–H and O–H groups in total. The third-order valence-corrected chi connectivity index (χ3v) is 2.15. The van der Waals surface area contributed by atoms with E-state index in [4.69, 9.17) is 12.6 Å². The van der Waals surface area contributed by atoms with E-state index in [-0.39, 0.29) is 0 Å². The molecule has 0 aliphatic carbocycles. The molecular weight excluding hydrogens is 177 g/mol. The summed E-state index contributed by atoms with van der Waals surface area (Å²) in [4.78, 5) is 13.5. The maximum Gasteiger partial charge on any atom is 0.166 e. The fourth-order valence-corrected chi connectivity index (χ4v) is 1.48. The molecule has 1 heterocycles. The number of hydrogen-bond acceptors (Lipinski definition) is 2. The van der Waals surface area contributed by atoms with Crippen LogP contribution in [0.2, 0.25) is 0 Å². The van der Waals surface area contributed by atoms with Crippen LogP contribution in [0.3, 0.4) is 0 Å². The fourth-order valence-electron chi connectivity index (χ4n) is 1.48. The Morgan fingerprint density at radius 3 is 2.93 bits per heavy atom. The largest absolute Gasteiger partial charge is 0.496 e. The van der Waals surface area contributed by atoms with Crippen LogP contribution in [0.5, 0.6) is 5.75 Å². The number of aldehydes is 1. The maximum atomic E-state index is 10.6.